The van der Waals surface area contributed by atoms with Gasteiger partial charge in [0, 0.05) is 15.9 Å². The molecule has 3 nitrogen and oxygen atoms in total. The fourth-order valence-electron chi connectivity index (χ4n) is 1.99. The maximum absolute atomic E-state index is 12.4. The molecule has 1 aromatic carbocycles. The molecule has 1 aliphatic rings. The molecule has 8 heteroatoms. The minimum Gasteiger partial charge on any atom is -0.207 e. The van der Waals surface area contributed by atoms with Crippen molar-refractivity contribution < 1.29 is 8.42 Å². The molecule has 1 N–H and O–H groups in total. The third kappa shape index (κ3) is 3.22. The summed E-state index contributed by atoms with van der Waals surface area (Å²) >= 11 is 21.0. The smallest absolute Gasteiger partial charge is 0.207 e. The van der Waals surface area contributed by atoms with Crippen molar-refractivity contribution in [2.45, 2.75) is 29.7 Å². The molecule has 1 aliphatic carbocycles. The van der Waals surface area contributed by atoms with Crippen LogP contribution < -0.4 is 4.72 Å². The van der Waals surface area contributed by atoms with Crippen molar-refractivity contribution in [1.82, 2.24) is 4.72 Å². The number of halogens is 4. The van der Waals surface area contributed by atoms with Gasteiger partial charge in [-0.05, 0) is 31.4 Å². The summed E-state index contributed by atoms with van der Waals surface area (Å²) in [5.74, 6) is 0.234. The topological polar surface area (TPSA) is 46.2 Å². The van der Waals surface area contributed by atoms with E-state index in [1.165, 1.54) is 12.1 Å². The van der Waals surface area contributed by atoms with Gasteiger partial charge in [-0.3, -0.25) is 0 Å². The van der Waals surface area contributed by atoms with Gasteiger partial charge in [0.15, 0.2) is 0 Å². The molecule has 1 saturated carbocycles. The van der Waals surface area contributed by atoms with E-state index in [-0.39, 0.29) is 20.8 Å². The zero-order valence-corrected chi connectivity index (χ0v) is 14.4. The van der Waals surface area contributed by atoms with Gasteiger partial charge in [0.1, 0.15) is 4.90 Å². The third-order valence-corrected chi connectivity index (χ3v) is 6.62. The predicted molar refractivity (Wildman–Crippen MR) is 81.8 cm³/mol. The molecule has 2 rings (SSSR count). The summed E-state index contributed by atoms with van der Waals surface area (Å²) in [6.07, 6.45) is 2.40. The molecule has 19 heavy (non-hydrogen) atoms. The first-order valence-corrected chi connectivity index (χ1v) is 9.11. The first-order valence-electron chi connectivity index (χ1n) is 5.54. The lowest BCUT2D eigenvalue weighted by molar-refractivity contribution is 0.252. The van der Waals surface area contributed by atoms with Crippen LogP contribution in [0.15, 0.2) is 21.5 Å². The number of hydrogen-bond donors (Lipinski definition) is 1. The molecule has 0 amide bonds. The molecule has 0 unspecified atom stereocenters. The molecule has 0 bridgehead atoms. The second-order valence-corrected chi connectivity index (χ2v) is 8.19. The summed E-state index contributed by atoms with van der Waals surface area (Å²) in [7, 11) is -3.79. The molecule has 0 atom stereocenters. The van der Waals surface area contributed by atoms with E-state index in [1.807, 2.05) is 0 Å². The second-order valence-electron chi connectivity index (χ2n) is 4.57. The highest BCUT2D eigenvalue weighted by atomic mass is 79.9. The molecule has 1 aromatic rings. The lowest BCUT2D eigenvalue weighted by Gasteiger charge is -2.40. The average Bonchev–Trinajstić information content (AvgIpc) is 2.21. The summed E-state index contributed by atoms with van der Waals surface area (Å²) in [4.78, 5) is -0.101. The summed E-state index contributed by atoms with van der Waals surface area (Å²) in [5.41, 5.74) is -0.569. The Hall–Kier alpha value is 0.480. The predicted octanol–water partition coefficient (Wildman–Crippen LogP) is 4.20. The fourth-order valence-corrected chi connectivity index (χ4v) is 5.80. The zero-order chi connectivity index (χ0) is 14.3. The molecule has 0 radical (unpaired) electrons. The minimum atomic E-state index is -3.79. The van der Waals surface area contributed by atoms with Crippen LogP contribution in [0.25, 0.3) is 0 Å². The van der Waals surface area contributed by atoms with E-state index in [1.54, 1.807) is 0 Å². The van der Waals surface area contributed by atoms with Crippen LogP contribution in [-0.2, 0) is 10.0 Å². The average molecular weight is 408 g/mol. The number of rotatable bonds is 4. The van der Waals surface area contributed by atoms with Crippen LogP contribution in [0.3, 0.4) is 0 Å². The van der Waals surface area contributed by atoms with Crippen molar-refractivity contribution in [1.29, 1.82) is 0 Å². The number of sulfonamides is 1. The maximum Gasteiger partial charge on any atom is 0.244 e. The lowest BCUT2D eigenvalue weighted by atomic mass is 9.79. The van der Waals surface area contributed by atoms with E-state index in [0.29, 0.717) is 4.47 Å². The number of nitrogens with one attached hydrogen (secondary N) is 1. The Morgan fingerprint density at radius 1 is 1.26 bits per heavy atom. The van der Waals surface area contributed by atoms with E-state index in [2.05, 4.69) is 20.7 Å². The first kappa shape index (κ1) is 15.9. The van der Waals surface area contributed by atoms with E-state index in [9.17, 15) is 8.42 Å². The van der Waals surface area contributed by atoms with Gasteiger partial charge in [-0.15, -0.1) is 11.6 Å². The van der Waals surface area contributed by atoms with Crippen molar-refractivity contribution in [2.24, 2.45) is 0 Å². The first-order chi connectivity index (χ1) is 8.80. The van der Waals surface area contributed by atoms with Gasteiger partial charge in [-0.2, -0.15) is 0 Å². The van der Waals surface area contributed by atoms with E-state index < -0.39 is 15.6 Å². The molecule has 1 fully saturated rings. The van der Waals surface area contributed by atoms with Crippen molar-refractivity contribution in [2.75, 3.05) is 5.88 Å². The monoisotopic (exact) mass is 405 g/mol. The van der Waals surface area contributed by atoms with Gasteiger partial charge in [-0.25, -0.2) is 13.1 Å². The van der Waals surface area contributed by atoms with Crippen molar-refractivity contribution in [3.63, 3.8) is 0 Å². The Morgan fingerprint density at radius 2 is 1.79 bits per heavy atom. The molecular weight excluding hydrogens is 396 g/mol. The molecular formula is C11H11BrCl3NO2S. The highest BCUT2D eigenvalue weighted by Crippen LogP contribution is 2.37. The molecule has 0 heterocycles. The number of benzene rings is 1. The third-order valence-electron chi connectivity index (χ3n) is 3.15. The molecule has 0 aliphatic heterocycles. The Balaban J connectivity index is 2.40. The van der Waals surface area contributed by atoms with Gasteiger partial charge < -0.3 is 0 Å². The van der Waals surface area contributed by atoms with E-state index in [0.717, 1.165) is 19.3 Å². The summed E-state index contributed by atoms with van der Waals surface area (Å²) < 4.78 is 28.0. The molecule has 106 valence electrons. The Bertz CT molecular complexity index is 573. The Kier molecular flexibility index (Phi) is 4.76. The van der Waals surface area contributed by atoms with Crippen LogP contribution in [0.1, 0.15) is 19.3 Å². The van der Waals surface area contributed by atoms with Gasteiger partial charge in [0.25, 0.3) is 0 Å². The van der Waals surface area contributed by atoms with Crippen molar-refractivity contribution in [3.05, 3.63) is 26.7 Å². The van der Waals surface area contributed by atoms with Crippen LogP contribution in [0, 0.1) is 0 Å². The summed E-state index contributed by atoms with van der Waals surface area (Å²) in [5, 5.41) is 0.159. The summed E-state index contributed by atoms with van der Waals surface area (Å²) in [6.45, 7) is 0. The quantitative estimate of drug-likeness (QED) is 0.761. The Morgan fingerprint density at radius 3 is 2.16 bits per heavy atom. The van der Waals surface area contributed by atoms with E-state index >= 15 is 0 Å². The maximum atomic E-state index is 12.4. The molecule has 0 aromatic heterocycles. The Labute approximate surface area is 135 Å². The fraction of sp³-hybridized carbons (Fsp3) is 0.455. The van der Waals surface area contributed by atoms with Crippen molar-refractivity contribution in [3.8, 4) is 0 Å². The molecule has 0 spiro atoms. The number of hydrogen-bond acceptors (Lipinski definition) is 2. The van der Waals surface area contributed by atoms with Crippen LogP contribution in [0.5, 0.6) is 0 Å². The van der Waals surface area contributed by atoms with E-state index in [4.69, 9.17) is 34.8 Å². The number of alkyl halides is 1. The van der Waals surface area contributed by atoms with Gasteiger partial charge in [0.05, 0.1) is 10.0 Å². The highest BCUT2D eigenvalue weighted by molar-refractivity contribution is 9.10. The zero-order valence-electron chi connectivity index (χ0n) is 9.72. The standard InChI is InChI=1S/C11H11BrCl3NO2S/c12-7-4-8(14)10(9(15)5-7)19(17,18)16-11(6-13)2-1-3-11/h4-5,16H,1-3,6H2. The minimum absolute atomic E-state index is 0.0796. The molecule has 0 saturated heterocycles. The SMILES string of the molecule is O=S(=O)(NC1(CCl)CCC1)c1c(Cl)cc(Br)cc1Cl. The lowest BCUT2D eigenvalue weighted by Crippen LogP contribution is -2.54. The van der Waals surface area contributed by atoms with Crippen LogP contribution in [0.4, 0.5) is 0 Å². The second kappa shape index (κ2) is 5.70. The van der Waals surface area contributed by atoms with Gasteiger partial charge in [-0.1, -0.05) is 39.1 Å². The summed E-state index contributed by atoms with van der Waals surface area (Å²) in [6, 6.07) is 2.99. The largest absolute Gasteiger partial charge is 0.244 e. The van der Waals surface area contributed by atoms with Crippen LogP contribution >= 0.6 is 50.7 Å². The van der Waals surface area contributed by atoms with Crippen LogP contribution in [0.2, 0.25) is 10.0 Å². The highest BCUT2D eigenvalue weighted by Gasteiger charge is 2.41. The van der Waals surface area contributed by atoms with Crippen molar-refractivity contribution >= 4 is 60.8 Å². The van der Waals surface area contributed by atoms with Gasteiger partial charge in [0.2, 0.25) is 10.0 Å². The van der Waals surface area contributed by atoms with Crippen LogP contribution in [-0.4, -0.2) is 19.8 Å². The normalized spacial score (nSPS) is 18.1. The van der Waals surface area contributed by atoms with Gasteiger partial charge >= 0.3 is 0 Å².